The molecule has 3 aromatic rings. The van der Waals surface area contributed by atoms with Crippen LogP contribution < -0.4 is 4.90 Å². The molecule has 28 heavy (non-hydrogen) atoms. The fourth-order valence-corrected chi connectivity index (χ4v) is 3.17. The molecule has 2 aromatic carbocycles. The van der Waals surface area contributed by atoms with Crippen LogP contribution in [0.2, 0.25) is 0 Å². The van der Waals surface area contributed by atoms with Crippen molar-refractivity contribution in [1.29, 1.82) is 0 Å². The van der Waals surface area contributed by atoms with Crippen molar-refractivity contribution in [3.05, 3.63) is 77.9 Å². The van der Waals surface area contributed by atoms with Crippen LogP contribution in [-0.4, -0.2) is 16.1 Å². The Labute approximate surface area is 164 Å². The van der Waals surface area contributed by atoms with Gasteiger partial charge in [0.25, 0.3) is 0 Å². The quantitative estimate of drug-likeness (QED) is 0.417. The molecule has 0 saturated heterocycles. The van der Waals surface area contributed by atoms with Gasteiger partial charge in [0.2, 0.25) is 0 Å². The molecule has 0 unspecified atom stereocenters. The lowest BCUT2D eigenvalue weighted by atomic mass is 10.0. The number of anilines is 1. The number of hydrogen-bond donors (Lipinski definition) is 0. The van der Waals surface area contributed by atoms with E-state index in [1.54, 1.807) is 23.9 Å². The highest BCUT2D eigenvalue weighted by molar-refractivity contribution is 5.88. The second kappa shape index (κ2) is 8.21. The van der Waals surface area contributed by atoms with Gasteiger partial charge in [-0.15, -0.1) is 0 Å². The van der Waals surface area contributed by atoms with E-state index in [4.69, 9.17) is 0 Å². The number of nitrogens with zero attached hydrogens (tertiary/aromatic N) is 3. The molecule has 0 bridgehead atoms. The van der Waals surface area contributed by atoms with E-state index in [1.807, 2.05) is 49.3 Å². The van der Waals surface area contributed by atoms with Gasteiger partial charge in [-0.05, 0) is 43.2 Å². The molecule has 0 aliphatic rings. The fourth-order valence-electron chi connectivity index (χ4n) is 3.17. The first-order chi connectivity index (χ1) is 13.4. The summed E-state index contributed by atoms with van der Waals surface area (Å²) in [5.74, 6) is -0.237. The standard InChI is InChI=1S/C23H24FN3O/c1-5-6-18-7-8-19(12-22(18)24)17(3)27(13-16(2)15-28)21-9-10-23-20(11-21)14-26(4)25-23/h7-15H,3,5-6H2,1-2,4H3/b16-13+. The van der Waals surface area contributed by atoms with Gasteiger partial charge in [0.05, 0.1) is 5.52 Å². The minimum atomic E-state index is -0.237. The molecule has 0 atom stereocenters. The number of benzene rings is 2. The van der Waals surface area contributed by atoms with Gasteiger partial charge in [-0.25, -0.2) is 4.39 Å². The minimum Gasteiger partial charge on any atom is -0.317 e. The largest absolute Gasteiger partial charge is 0.317 e. The van der Waals surface area contributed by atoms with Crippen LogP contribution in [0.15, 0.2) is 60.9 Å². The number of aromatic nitrogens is 2. The number of hydrogen-bond acceptors (Lipinski definition) is 3. The molecule has 1 aromatic heterocycles. The van der Waals surface area contributed by atoms with Crippen LogP contribution in [0.5, 0.6) is 0 Å². The average Bonchev–Trinajstić information content (AvgIpc) is 3.06. The maximum Gasteiger partial charge on any atom is 0.147 e. The molecule has 0 radical (unpaired) electrons. The predicted molar refractivity (Wildman–Crippen MR) is 112 cm³/mol. The zero-order valence-electron chi connectivity index (χ0n) is 16.4. The Bertz CT molecular complexity index is 1060. The van der Waals surface area contributed by atoms with Crippen molar-refractivity contribution in [3.63, 3.8) is 0 Å². The first kappa shape index (κ1) is 19.5. The topological polar surface area (TPSA) is 38.1 Å². The maximum atomic E-state index is 14.5. The maximum absolute atomic E-state index is 14.5. The van der Waals surface area contributed by atoms with Crippen LogP contribution in [0.25, 0.3) is 16.6 Å². The van der Waals surface area contributed by atoms with Crippen molar-refractivity contribution in [1.82, 2.24) is 9.78 Å². The molecule has 5 heteroatoms. The van der Waals surface area contributed by atoms with Crippen LogP contribution in [-0.2, 0) is 18.3 Å². The van der Waals surface area contributed by atoms with E-state index in [0.717, 1.165) is 29.3 Å². The van der Waals surface area contributed by atoms with Gasteiger partial charge in [0.15, 0.2) is 0 Å². The Morgan fingerprint density at radius 2 is 2.07 bits per heavy atom. The van der Waals surface area contributed by atoms with E-state index < -0.39 is 0 Å². The van der Waals surface area contributed by atoms with E-state index in [9.17, 15) is 9.18 Å². The highest BCUT2D eigenvalue weighted by atomic mass is 19.1. The summed E-state index contributed by atoms with van der Waals surface area (Å²) in [6, 6.07) is 11.0. The Kier molecular flexibility index (Phi) is 5.73. The Balaban J connectivity index is 2.04. The molecule has 4 nitrogen and oxygen atoms in total. The molecular formula is C23H24FN3O. The summed E-state index contributed by atoms with van der Waals surface area (Å²) in [6.07, 6.45) is 6.01. The Morgan fingerprint density at radius 1 is 1.29 bits per heavy atom. The SMILES string of the molecule is C=C(c1ccc(CCC)c(F)c1)N(/C=C(\C)C=O)c1ccc2nn(C)cc2c1. The second-order valence-corrected chi connectivity index (χ2v) is 6.91. The lowest BCUT2D eigenvalue weighted by molar-refractivity contribution is -0.104. The molecule has 0 fully saturated rings. The summed E-state index contributed by atoms with van der Waals surface area (Å²) < 4.78 is 16.2. The van der Waals surface area contributed by atoms with Crippen LogP contribution in [0.4, 0.5) is 10.1 Å². The van der Waals surface area contributed by atoms with Crippen molar-refractivity contribution in [2.24, 2.45) is 7.05 Å². The Hall–Kier alpha value is -3.21. The van der Waals surface area contributed by atoms with Gasteiger partial charge in [-0.3, -0.25) is 9.48 Å². The molecule has 144 valence electrons. The van der Waals surface area contributed by atoms with Crippen LogP contribution in [0.3, 0.4) is 0 Å². The highest BCUT2D eigenvalue weighted by Gasteiger charge is 2.14. The normalized spacial score (nSPS) is 11.6. The van der Waals surface area contributed by atoms with Crippen molar-refractivity contribution >= 4 is 28.6 Å². The number of carbonyl (C=O) groups excluding carboxylic acids is 1. The first-order valence-corrected chi connectivity index (χ1v) is 9.27. The third-order valence-electron chi connectivity index (χ3n) is 4.60. The average molecular weight is 377 g/mol. The summed E-state index contributed by atoms with van der Waals surface area (Å²) in [5.41, 5.74) is 4.19. The van der Waals surface area contributed by atoms with Crippen LogP contribution in [0, 0.1) is 5.82 Å². The molecule has 1 heterocycles. The smallest absolute Gasteiger partial charge is 0.147 e. The number of halogens is 1. The fraction of sp³-hybridized carbons (Fsp3) is 0.217. The molecule has 0 saturated carbocycles. The lowest BCUT2D eigenvalue weighted by Crippen LogP contribution is -2.15. The third kappa shape index (κ3) is 4.03. The van der Waals surface area contributed by atoms with E-state index in [2.05, 4.69) is 11.7 Å². The first-order valence-electron chi connectivity index (χ1n) is 9.27. The van der Waals surface area contributed by atoms with Crippen molar-refractivity contribution in [3.8, 4) is 0 Å². The van der Waals surface area contributed by atoms with Crippen molar-refractivity contribution < 1.29 is 9.18 Å². The van der Waals surface area contributed by atoms with E-state index in [0.29, 0.717) is 28.8 Å². The number of aryl methyl sites for hydroxylation is 2. The van der Waals surface area contributed by atoms with Gasteiger partial charge >= 0.3 is 0 Å². The molecule has 0 N–H and O–H groups in total. The molecule has 3 rings (SSSR count). The van der Waals surface area contributed by atoms with Gasteiger partial charge in [-0.2, -0.15) is 5.10 Å². The summed E-state index contributed by atoms with van der Waals surface area (Å²) in [7, 11) is 1.87. The number of allylic oxidation sites excluding steroid dienone is 1. The molecule has 0 aliphatic heterocycles. The highest BCUT2D eigenvalue weighted by Crippen LogP contribution is 2.30. The van der Waals surface area contributed by atoms with Gasteiger partial charge in [0.1, 0.15) is 12.1 Å². The monoisotopic (exact) mass is 377 g/mol. The Morgan fingerprint density at radius 3 is 2.75 bits per heavy atom. The predicted octanol–water partition coefficient (Wildman–Crippen LogP) is 5.24. The molecule has 0 amide bonds. The zero-order chi connectivity index (χ0) is 20.3. The summed E-state index contributed by atoms with van der Waals surface area (Å²) in [5, 5.41) is 5.36. The van der Waals surface area contributed by atoms with Gasteiger partial charge in [0, 0.05) is 47.4 Å². The van der Waals surface area contributed by atoms with Crippen LogP contribution >= 0.6 is 0 Å². The van der Waals surface area contributed by atoms with Gasteiger partial charge < -0.3 is 4.90 Å². The summed E-state index contributed by atoms with van der Waals surface area (Å²) in [6.45, 7) is 7.92. The second-order valence-electron chi connectivity index (χ2n) is 6.91. The third-order valence-corrected chi connectivity index (χ3v) is 4.60. The van der Waals surface area contributed by atoms with Crippen LogP contribution in [0.1, 0.15) is 31.4 Å². The number of carbonyl (C=O) groups is 1. The van der Waals surface area contributed by atoms with Crippen molar-refractivity contribution in [2.75, 3.05) is 4.90 Å². The number of rotatable bonds is 7. The van der Waals surface area contributed by atoms with E-state index in [-0.39, 0.29) is 5.82 Å². The summed E-state index contributed by atoms with van der Waals surface area (Å²) in [4.78, 5) is 13.0. The summed E-state index contributed by atoms with van der Waals surface area (Å²) >= 11 is 0. The molecule has 0 spiro atoms. The number of fused-ring (bicyclic) bond motifs is 1. The van der Waals surface area contributed by atoms with Crippen molar-refractivity contribution in [2.45, 2.75) is 26.7 Å². The lowest BCUT2D eigenvalue weighted by Gasteiger charge is -2.24. The number of aldehydes is 1. The van der Waals surface area contributed by atoms with E-state index in [1.165, 1.54) is 6.07 Å². The zero-order valence-corrected chi connectivity index (χ0v) is 16.4. The molecule has 0 aliphatic carbocycles. The van der Waals surface area contributed by atoms with Gasteiger partial charge in [-0.1, -0.05) is 32.1 Å². The van der Waals surface area contributed by atoms with E-state index >= 15 is 0 Å². The minimum absolute atomic E-state index is 0.237. The molecular weight excluding hydrogens is 353 g/mol.